The maximum Gasteiger partial charge on any atom is 0.341 e. The lowest BCUT2D eigenvalue weighted by atomic mass is 10.0. The number of hydrogen-bond acceptors (Lipinski definition) is 5. The molecule has 2 atom stereocenters. The van der Waals surface area contributed by atoms with Crippen LogP contribution in [-0.4, -0.2) is 39.9 Å². The van der Waals surface area contributed by atoms with Crippen LogP contribution in [0.3, 0.4) is 0 Å². The second kappa shape index (κ2) is 6.72. The molecule has 104 valence electrons. The summed E-state index contributed by atoms with van der Waals surface area (Å²) >= 11 is 0. The Kier molecular flexibility index (Phi) is 5.28. The summed E-state index contributed by atoms with van der Waals surface area (Å²) < 4.78 is 4.91. The molecule has 0 heterocycles. The summed E-state index contributed by atoms with van der Waals surface area (Å²) in [6, 6.07) is 5.84. The third-order valence-electron chi connectivity index (χ3n) is 2.36. The van der Waals surface area contributed by atoms with Gasteiger partial charge in [-0.05, 0) is 17.7 Å². The fourth-order valence-corrected chi connectivity index (χ4v) is 1.45. The van der Waals surface area contributed by atoms with Crippen molar-refractivity contribution in [3.63, 3.8) is 0 Å². The number of carboxylic acid groups (broad SMARTS) is 1. The van der Waals surface area contributed by atoms with E-state index in [-0.39, 0.29) is 6.42 Å². The Labute approximate surface area is 109 Å². The number of aliphatic hydroxyl groups excluding tert-OH is 2. The molecule has 0 aromatic heterocycles. The van der Waals surface area contributed by atoms with Gasteiger partial charge in [0.05, 0.1) is 12.5 Å². The predicted molar refractivity (Wildman–Crippen MR) is 64.4 cm³/mol. The molecule has 1 rings (SSSR count). The average Bonchev–Trinajstić information content (AvgIpc) is 2.35. The van der Waals surface area contributed by atoms with E-state index < -0.39 is 30.7 Å². The summed E-state index contributed by atoms with van der Waals surface area (Å²) in [5.74, 6) is -1.49. The lowest BCUT2D eigenvalue weighted by Gasteiger charge is -2.17. The molecule has 0 aliphatic rings. The monoisotopic (exact) mass is 269 g/mol. The van der Waals surface area contributed by atoms with E-state index in [4.69, 9.17) is 15.6 Å². The van der Waals surface area contributed by atoms with Crippen LogP contribution in [0, 0.1) is 0 Å². The maximum atomic E-state index is 10.6. The molecule has 0 fully saturated rings. The third-order valence-corrected chi connectivity index (χ3v) is 2.36. The summed E-state index contributed by atoms with van der Waals surface area (Å²) in [6.07, 6.45) is -2.89. The zero-order valence-corrected chi connectivity index (χ0v) is 10.0. The molecule has 1 aromatic carbocycles. The highest BCUT2D eigenvalue weighted by atomic mass is 16.5. The number of rotatable bonds is 7. The number of primary amides is 1. The molecule has 0 aliphatic carbocycles. The highest BCUT2D eigenvalue weighted by molar-refractivity contribution is 5.74. The van der Waals surface area contributed by atoms with Crippen molar-refractivity contribution in [2.45, 2.75) is 18.6 Å². The van der Waals surface area contributed by atoms with E-state index in [2.05, 4.69) is 0 Å². The SMILES string of the molecule is NC(=O)CC(O)C(O)c1ccc(OCC(=O)O)cc1. The van der Waals surface area contributed by atoms with Crippen molar-refractivity contribution in [1.29, 1.82) is 0 Å². The van der Waals surface area contributed by atoms with Gasteiger partial charge in [-0.25, -0.2) is 4.79 Å². The maximum absolute atomic E-state index is 10.6. The van der Waals surface area contributed by atoms with Gasteiger partial charge in [0.25, 0.3) is 0 Å². The number of carboxylic acids is 1. The van der Waals surface area contributed by atoms with Gasteiger partial charge in [0, 0.05) is 0 Å². The van der Waals surface area contributed by atoms with Gasteiger partial charge < -0.3 is 25.8 Å². The molecule has 0 saturated heterocycles. The smallest absolute Gasteiger partial charge is 0.341 e. The normalized spacial score (nSPS) is 13.6. The highest BCUT2D eigenvalue weighted by Crippen LogP contribution is 2.21. The van der Waals surface area contributed by atoms with E-state index in [1.807, 2.05) is 0 Å². The van der Waals surface area contributed by atoms with Gasteiger partial charge in [-0.15, -0.1) is 0 Å². The Balaban J connectivity index is 2.64. The van der Waals surface area contributed by atoms with Crippen molar-refractivity contribution in [2.75, 3.05) is 6.61 Å². The van der Waals surface area contributed by atoms with Crippen molar-refractivity contribution >= 4 is 11.9 Å². The summed E-state index contributed by atoms with van der Waals surface area (Å²) in [6.45, 7) is -0.466. The molecular weight excluding hydrogens is 254 g/mol. The number of benzene rings is 1. The van der Waals surface area contributed by atoms with Crippen LogP contribution in [0.1, 0.15) is 18.1 Å². The predicted octanol–water partition coefficient (Wildman–Crippen LogP) is -0.580. The Morgan fingerprint density at radius 3 is 2.26 bits per heavy atom. The van der Waals surface area contributed by atoms with Gasteiger partial charge in [0.15, 0.2) is 6.61 Å². The molecule has 0 bridgehead atoms. The molecule has 2 unspecified atom stereocenters. The van der Waals surface area contributed by atoms with Crippen LogP contribution in [0.15, 0.2) is 24.3 Å². The van der Waals surface area contributed by atoms with E-state index in [0.29, 0.717) is 11.3 Å². The minimum absolute atomic E-state index is 0.322. The van der Waals surface area contributed by atoms with E-state index in [9.17, 15) is 19.8 Å². The number of carbonyl (C=O) groups is 2. The van der Waals surface area contributed by atoms with Gasteiger partial charge in [0.1, 0.15) is 11.9 Å². The summed E-state index contributed by atoms with van der Waals surface area (Å²) in [4.78, 5) is 20.9. The molecule has 5 N–H and O–H groups in total. The largest absolute Gasteiger partial charge is 0.482 e. The zero-order valence-electron chi connectivity index (χ0n) is 10.0. The molecule has 1 amide bonds. The lowest BCUT2D eigenvalue weighted by Crippen LogP contribution is -2.25. The number of nitrogens with two attached hydrogens (primary N) is 1. The second-order valence-corrected chi connectivity index (χ2v) is 3.93. The molecule has 7 nitrogen and oxygen atoms in total. The quantitative estimate of drug-likeness (QED) is 0.524. The lowest BCUT2D eigenvalue weighted by molar-refractivity contribution is -0.139. The third kappa shape index (κ3) is 4.94. The van der Waals surface area contributed by atoms with Gasteiger partial charge in [-0.2, -0.15) is 0 Å². The van der Waals surface area contributed by atoms with E-state index in [1.54, 1.807) is 0 Å². The first-order valence-corrected chi connectivity index (χ1v) is 5.49. The Morgan fingerprint density at radius 2 is 1.79 bits per heavy atom. The fraction of sp³-hybridized carbons (Fsp3) is 0.333. The molecule has 0 radical (unpaired) electrons. The molecular formula is C12H15NO6. The van der Waals surface area contributed by atoms with Crippen LogP contribution in [0.2, 0.25) is 0 Å². The fourth-order valence-electron chi connectivity index (χ4n) is 1.45. The van der Waals surface area contributed by atoms with Crippen molar-refractivity contribution in [3.05, 3.63) is 29.8 Å². The topological polar surface area (TPSA) is 130 Å². The molecule has 19 heavy (non-hydrogen) atoms. The van der Waals surface area contributed by atoms with Crippen molar-refractivity contribution in [2.24, 2.45) is 5.73 Å². The van der Waals surface area contributed by atoms with E-state index >= 15 is 0 Å². The van der Waals surface area contributed by atoms with Crippen molar-refractivity contribution < 1.29 is 29.6 Å². The number of ether oxygens (including phenoxy) is 1. The van der Waals surface area contributed by atoms with Crippen molar-refractivity contribution in [3.8, 4) is 5.75 Å². The zero-order chi connectivity index (χ0) is 14.4. The van der Waals surface area contributed by atoms with E-state index in [1.165, 1.54) is 24.3 Å². The summed E-state index contributed by atoms with van der Waals surface area (Å²) in [5, 5.41) is 27.7. The van der Waals surface area contributed by atoms with Crippen LogP contribution in [-0.2, 0) is 9.59 Å². The number of amides is 1. The van der Waals surface area contributed by atoms with Gasteiger partial charge in [-0.3, -0.25) is 4.79 Å². The Hall–Kier alpha value is -2.12. The first-order valence-electron chi connectivity index (χ1n) is 5.49. The number of hydrogen-bond donors (Lipinski definition) is 4. The van der Waals surface area contributed by atoms with Crippen LogP contribution >= 0.6 is 0 Å². The highest BCUT2D eigenvalue weighted by Gasteiger charge is 2.20. The van der Waals surface area contributed by atoms with E-state index in [0.717, 1.165) is 0 Å². The van der Waals surface area contributed by atoms with Crippen LogP contribution in [0.25, 0.3) is 0 Å². The molecule has 0 aliphatic heterocycles. The average molecular weight is 269 g/mol. The van der Waals surface area contributed by atoms with Gasteiger partial charge >= 0.3 is 5.97 Å². The summed E-state index contributed by atoms with van der Waals surface area (Å²) in [5.41, 5.74) is 5.29. The first-order chi connectivity index (χ1) is 8.90. The Morgan fingerprint density at radius 1 is 1.21 bits per heavy atom. The number of aliphatic carboxylic acids is 1. The van der Waals surface area contributed by atoms with Crippen LogP contribution in [0.5, 0.6) is 5.75 Å². The van der Waals surface area contributed by atoms with Crippen LogP contribution < -0.4 is 10.5 Å². The summed E-state index contributed by atoms with van der Waals surface area (Å²) in [7, 11) is 0. The standard InChI is InChI=1S/C12H15NO6/c13-10(15)5-9(14)12(18)7-1-3-8(4-2-7)19-6-11(16)17/h1-4,9,12,14,18H,5-6H2,(H2,13,15)(H,16,17). The van der Waals surface area contributed by atoms with Gasteiger partial charge in [-0.1, -0.05) is 12.1 Å². The molecule has 0 spiro atoms. The number of aliphatic hydroxyl groups is 2. The van der Waals surface area contributed by atoms with Crippen LogP contribution in [0.4, 0.5) is 0 Å². The first kappa shape index (κ1) is 14.9. The van der Waals surface area contributed by atoms with Crippen molar-refractivity contribution in [1.82, 2.24) is 0 Å². The molecule has 0 saturated carbocycles. The molecule has 7 heteroatoms. The Bertz CT molecular complexity index is 444. The number of carbonyl (C=O) groups excluding carboxylic acids is 1. The minimum atomic E-state index is -1.29. The second-order valence-electron chi connectivity index (χ2n) is 3.93. The minimum Gasteiger partial charge on any atom is -0.482 e. The van der Waals surface area contributed by atoms with Gasteiger partial charge in [0.2, 0.25) is 5.91 Å². The molecule has 1 aromatic rings.